The molecule has 0 aliphatic carbocycles. The average Bonchev–Trinajstić information content (AvgIpc) is 3.50. The number of ether oxygens (including phenoxy) is 3. The Morgan fingerprint density at radius 1 is 1.16 bits per heavy atom. The van der Waals surface area contributed by atoms with Gasteiger partial charge in [-0.25, -0.2) is 0 Å². The molecule has 14 heteroatoms. The van der Waals surface area contributed by atoms with Crippen molar-refractivity contribution in [1.29, 1.82) is 0 Å². The Bertz CT molecular complexity index is 1350. The normalized spacial score (nSPS) is 11.4. The molecule has 3 amide bonds. The predicted molar refractivity (Wildman–Crippen MR) is 137 cm³/mol. The number of esters is 1. The second-order valence-corrected chi connectivity index (χ2v) is 8.50. The van der Waals surface area contributed by atoms with E-state index in [-0.39, 0.29) is 40.1 Å². The molecular weight excluding hydrogens is 518 g/mol. The highest BCUT2D eigenvalue weighted by Crippen LogP contribution is 2.40. The molecule has 2 aromatic heterocycles. The number of amides is 3. The van der Waals surface area contributed by atoms with Crippen molar-refractivity contribution in [2.24, 2.45) is 5.73 Å². The molecule has 0 aliphatic rings. The minimum absolute atomic E-state index is 0.0771. The van der Waals surface area contributed by atoms with Crippen LogP contribution in [0.25, 0.3) is 0 Å². The van der Waals surface area contributed by atoms with Gasteiger partial charge in [0.05, 0.1) is 32.2 Å². The number of rotatable bonds is 11. The number of nitrogens with one attached hydrogen (secondary N) is 1. The van der Waals surface area contributed by atoms with Crippen LogP contribution in [0.2, 0.25) is 0 Å². The number of methoxy groups -OCH3 is 2. The lowest BCUT2D eigenvalue weighted by molar-refractivity contribution is -0.143. The summed E-state index contributed by atoms with van der Waals surface area (Å²) in [5.74, 6) is -2.03. The van der Waals surface area contributed by atoms with E-state index in [9.17, 15) is 19.2 Å². The number of nitrogens with two attached hydrogens (primary N) is 2. The van der Waals surface area contributed by atoms with Crippen LogP contribution in [0.5, 0.6) is 11.5 Å². The van der Waals surface area contributed by atoms with Crippen molar-refractivity contribution in [3.05, 3.63) is 52.4 Å². The molecule has 0 spiro atoms. The fourth-order valence-electron chi connectivity index (χ4n) is 3.53. The number of furan rings is 1. The van der Waals surface area contributed by atoms with Crippen LogP contribution in [0.15, 0.2) is 34.7 Å². The van der Waals surface area contributed by atoms with Gasteiger partial charge in [0, 0.05) is 6.07 Å². The van der Waals surface area contributed by atoms with Gasteiger partial charge in [0.2, 0.25) is 0 Å². The van der Waals surface area contributed by atoms with Gasteiger partial charge in [-0.15, -0.1) is 0 Å². The maximum atomic E-state index is 14.1. The van der Waals surface area contributed by atoms with Crippen LogP contribution in [-0.2, 0) is 14.3 Å². The molecule has 0 fully saturated rings. The van der Waals surface area contributed by atoms with Crippen molar-refractivity contribution in [3.8, 4) is 11.5 Å². The first-order valence-electron chi connectivity index (χ1n) is 11.2. The topological polar surface area (TPSA) is 189 Å². The van der Waals surface area contributed by atoms with Gasteiger partial charge in [0.15, 0.2) is 11.7 Å². The van der Waals surface area contributed by atoms with Gasteiger partial charge in [-0.3, -0.25) is 24.1 Å². The van der Waals surface area contributed by atoms with Crippen molar-refractivity contribution in [1.82, 2.24) is 9.69 Å². The number of hydrogen-bond acceptors (Lipinski definition) is 11. The molecular formula is C24H27N5O8S. The molecule has 38 heavy (non-hydrogen) atoms. The van der Waals surface area contributed by atoms with Crippen LogP contribution < -0.4 is 31.2 Å². The summed E-state index contributed by atoms with van der Waals surface area (Å²) < 4.78 is 25.3. The first kappa shape index (κ1) is 28.0. The lowest BCUT2D eigenvalue weighted by Crippen LogP contribution is -2.45. The lowest BCUT2D eigenvalue weighted by Gasteiger charge is -2.30. The number of hydrogen-bond donors (Lipinski definition) is 3. The second kappa shape index (κ2) is 12.1. The molecule has 1 aromatic carbocycles. The van der Waals surface area contributed by atoms with Crippen molar-refractivity contribution >= 4 is 46.6 Å². The van der Waals surface area contributed by atoms with Crippen LogP contribution in [0.3, 0.4) is 0 Å². The number of primary amides is 1. The highest BCUT2D eigenvalue weighted by atomic mass is 32.1. The average molecular weight is 546 g/mol. The molecule has 2 heterocycles. The molecule has 3 rings (SSSR count). The number of aryl methyl sites for hydroxylation is 1. The van der Waals surface area contributed by atoms with Gasteiger partial charge in [-0.2, -0.15) is 4.37 Å². The summed E-state index contributed by atoms with van der Waals surface area (Å²) in [4.78, 5) is 52.2. The molecule has 3 aromatic rings. The number of aromatic nitrogens is 1. The summed E-state index contributed by atoms with van der Waals surface area (Å²) in [6.07, 6.45) is 0. The smallest absolute Gasteiger partial charge is 0.325 e. The Kier molecular flexibility index (Phi) is 8.91. The number of carbonyl (C=O) groups is 4. The zero-order valence-electron chi connectivity index (χ0n) is 21.1. The van der Waals surface area contributed by atoms with Crippen LogP contribution in [0.1, 0.15) is 44.6 Å². The molecule has 0 saturated heterocycles. The van der Waals surface area contributed by atoms with Crippen LogP contribution in [0.4, 0.5) is 11.4 Å². The molecule has 0 bridgehead atoms. The summed E-state index contributed by atoms with van der Waals surface area (Å²) in [7, 11) is 2.83. The first-order chi connectivity index (χ1) is 18.1. The SMILES string of the molecule is CCOC(=O)CNC(=O)[C@H](c1ccc(C)o1)N(C(=O)c1snc(C(N)=O)c1N)c1ccc(OC)cc1OC. The lowest BCUT2D eigenvalue weighted by atomic mass is 10.1. The predicted octanol–water partition coefficient (Wildman–Crippen LogP) is 1.81. The minimum Gasteiger partial charge on any atom is -0.497 e. The number of benzene rings is 1. The molecule has 13 nitrogen and oxygen atoms in total. The number of nitrogens with zero attached hydrogens (tertiary/aromatic N) is 2. The fraction of sp³-hybridized carbons (Fsp3) is 0.292. The van der Waals surface area contributed by atoms with Gasteiger partial charge in [-0.05, 0) is 49.6 Å². The third-order valence-corrected chi connectivity index (χ3v) is 6.12. The van der Waals surface area contributed by atoms with E-state index in [0.717, 1.165) is 4.90 Å². The number of anilines is 2. The van der Waals surface area contributed by atoms with Gasteiger partial charge in [-0.1, -0.05) is 0 Å². The van der Waals surface area contributed by atoms with Crippen molar-refractivity contribution < 1.29 is 37.8 Å². The van der Waals surface area contributed by atoms with Crippen LogP contribution in [-0.4, -0.2) is 55.4 Å². The Hall–Kier alpha value is -4.59. The summed E-state index contributed by atoms with van der Waals surface area (Å²) in [5.41, 5.74) is 11.0. The van der Waals surface area contributed by atoms with Crippen molar-refractivity contribution in [2.45, 2.75) is 19.9 Å². The Morgan fingerprint density at radius 2 is 1.89 bits per heavy atom. The van der Waals surface area contributed by atoms with E-state index < -0.39 is 36.3 Å². The molecule has 0 unspecified atom stereocenters. The van der Waals surface area contributed by atoms with E-state index in [0.29, 0.717) is 23.0 Å². The summed E-state index contributed by atoms with van der Waals surface area (Å²) in [6.45, 7) is 2.96. The Labute approximate surface area is 221 Å². The molecule has 0 saturated carbocycles. The van der Waals surface area contributed by atoms with E-state index in [1.165, 1.54) is 32.4 Å². The third kappa shape index (κ3) is 5.86. The van der Waals surface area contributed by atoms with E-state index in [4.69, 9.17) is 30.1 Å². The van der Waals surface area contributed by atoms with Gasteiger partial charge in [0.1, 0.15) is 34.4 Å². The monoisotopic (exact) mass is 545 g/mol. The summed E-state index contributed by atoms with van der Waals surface area (Å²) in [5, 5.41) is 2.48. The van der Waals surface area contributed by atoms with Crippen molar-refractivity contribution in [2.75, 3.05) is 38.0 Å². The van der Waals surface area contributed by atoms with E-state index in [2.05, 4.69) is 9.69 Å². The Balaban J connectivity index is 2.21. The highest BCUT2D eigenvalue weighted by molar-refractivity contribution is 7.09. The molecule has 0 aliphatic heterocycles. The van der Waals surface area contributed by atoms with Gasteiger partial charge >= 0.3 is 5.97 Å². The number of carbonyl (C=O) groups excluding carboxylic acids is 4. The van der Waals surface area contributed by atoms with Gasteiger partial charge in [0.25, 0.3) is 17.7 Å². The van der Waals surface area contributed by atoms with E-state index in [1.54, 1.807) is 26.0 Å². The zero-order chi connectivity index (χ0) is 28.0. The second-order valence-electron chi connectivity index (χ2n) is 7.72. The molecule has 1 atom stereocenters. The molecule has 202 valence electrons. The largest absolute Gasteiger partial charge is 0.497 e. The maximum Gasteiger partial charge on any atom is 0.325 e. The van der Waals surface area contributed by atoms with Crippen LogP contribution in [0, 0.1) is 6.92 Å². The number of nitrogen functional groups attached to an aromatic ring is 1. The summed E-state index contributed by atoms with van der Waals surface area (Å²) >= 11 is 0.642. The van der Waals surface area contributed by atoms with E-state index >= 15 is 0 Å². The minimum atomic E-state index is -1.45. The quantitative estimate of drug-likeness (QED) is 0.300. The third-order valence-electron chi connectivity index (χ3n) is 5.27. The highest BCUT2D eigenvalue weighted by Gasteiger charge is 2.39. The Morgan fingerprint density at radius 3 is 2.45 bits per heavy atom. The first-order valence-corrected chi connectivity index (χ1v) is 12.0. The zero-order valence-corrected chi connectivity index (χ0v) is 21.9. The fourth-order valence-corrected chi connectivity index (χ4v) is 4.27. The van der Waals surface area contributed by atoms with Crippen LogP contribution >= 0.6 is 11.5 Å². The van der Waals surface area contributed by atoms with Gasteiger partial charge < -0.3 is 35.4 Å². The summed E-state index contributed by atoms with van der Waals surface area (Å²) in [6, 6.07) is 6.26. The maximum absolute atomic E-state index is 14.1. The molecule has 0 radical (unpaired) electrons. The van der Waals surface area contributed by atoms with Crippen molar-refractivity contribution in [3.63, 3.8) is 0 Å². The standard InChI is InChI=1S/C24H27N5O8S/c1-5-36-17(30)11-27-23(32)20(15-9-6-12(2)37-15)29(14-8-7-13(34-3)10-16(14)35-4)24(33)21-18(25)19(22(26)31)28-38-21/h6-10,20H,5,11,25H2,1-4H3,(H2,26,31)(H,27,32)/t20-/m0/s1. The molecule has 5 N–H and O–H groups in total. The van der Waals surface area contributed by atoms with E-state index in [1.807, 2.05) is 0 Å².